The maximum absolute atomic E-state index is 11.5. The number of rotatable bonds is 2. The van der Waals surface area contributed by atoms with E-state index in [1.165, 1.54) is 19.3 Å². The van der Waals surface area contributed by atoms with Crippen LogP contribution in [0.25, 0.3) is 0 Å². The van der Waals surface area contributed by atoms with Crippen LogP contribution >= 0.6 is 0 Å². The first-order valence-corrected chi connectivity index (χ1v) is 9.71. The third kappa shape index (κ3) is 2.97. The van der Waals surface area contributed by atoms with E-state index in [0.29, 0.717) is 17.8 Å². The van der Waals surface area contributed by atoms with E-state index in [-0.39, 0.29) is 22.9 Å². The molecule has 0 heterocycles. The molecule has 0 bridgehead atoms. The average Bonchev–Trinajstić information content (AvgIpc) is 2.44. The molecule has 134 valence electrons. The van der Waals surface area contributed by atoms with Crippen molar-refractivity contribution in [1.82, 2.24) is 0 Å². The molecule has 3 rings (SSSR count). The van der Waals surface area contributed by atoms with Gasteiger partial charge in [0.2, 0.25) is 0 Å². The molecule has 0 radical (unpaired) electrons. The van der Waals surface area contributed by atoms with E-state index >= 15 is 0 Å². The lowest BCUT2D eigenvalue weighted by Gasteiger charge is -2.59. The monoisotopic (exact) mass is 330 g/mol. The molecule has 0 saturated heterocycles. The average molecular weight is 331 g/mol. The Kier molecular flexibility index (Phi) is 4.47. The standard InChI is InChI=1S/C22H34O2/c1-14(2)16-7-9-19-17(11-16)8-10-20-21(4,5)12-18(24-15(3)23)13-22(19,20)6/h8,11,14,18-20H,7,9-10,12-13H2,1-6H3/t18-,19-,20-,22+/m1/s1. The Bertz CT molecular complexity index is 581. The third-order valence-electron chi connectivity index (χ3n) is 7.10. The summed E-state index contributed by atoms with van der Waals surface area (Å²) in [7, 11) is 0. The molecule has 0 amide bonds. The van der Waals surface area contributed by atoms with Crippen LogP contribution in [-0.4, -0.2) is 12.1 Å². The molecule has 0 aromatic carbocycles. The van der Waals surface area contributed by atoms with Crippen LogP contribution in [-0.2, 0) is 9.53 Å². The van der Waals surface area contributed by atoms with Gasteiger partial charge in [0.1, 0.15) is 6.10 Å². The fourth-order valence-electron chi connectivity index (χ4n) is 6.10. The molecule has 0 aliphatic heterocycles. The molecule has 0 aromatic rings. The van der Waals surface area contributed by atoms with Gasteiger partial charge in [0.05, 0.1) is 0 Å². The number of allylic oxidation sites excluding steroid dienone is 4. The van der Waals surface area contributed by atoms with Crippen LogP contribution in [0.2, 0.25) is 0 Å². The van der Waals surface area contributed by atoms with Crippen molar-refractivity contribution in [2.24, 2.45) is 28.6 Å². The minimum atomic E-state index is -0.130. The minimum Gasteiger partial charge on any atom is -0.463 e. The summed E-state index contributed by atoms with van der Waals surface area (Å²) in [6, 6.07) is 0. The number of carbonyl (C=O) groups excluding carboxylic acids is 1. The highest BCUT2D eigenvalue weighted by molar-refractivity contribution is 5.66. The molecule has 3 aliphatic rings. The second kappa shape index (κ2) is 6.04. The summed E-state index contributed by atoms with van der Waals surface area (Å²) in [5.41, 5.74) is 3.62. The number of hydrogen-bond acceptors (Lipinski definition) is 2. The Morgan fingerprint density at radius 1 is 1.25 bits per heavy atom. The topological polar surface area (TPSA) is 26.3 Å². The second-order valence-electron chi connectivity index (χ2n) is 9.59. The number of hydrogen-bond donors (Lipinski definition) is 0. The lowest BCUT2D eigenvalue weighted by Crippen LogP contribution is -2.53. The number of carbonyl (C=O) groups is 1. The van der Waals surface area contributed by atoms with E-state index < -0.39 is 0 Å². The van der Waals surface area contributed by atoms with Crippen molar-refractivity contribution in [1.29, 1.82) is 0 Å². The Labute approximate surface area is 147 Å². The number of fused-ring (bicyclic) bond motifs is 3. The molecular weight excluding hydrogens is 296 g/mol. The molecule has 1 fully saturated rings. The van der Waals surface area contributed by atoms with Crippen LogP contribution in [0.3, 0.4) is 0 Å². The second-order valence-corrected chi connectivity index (χ2v) is 9.59. The minimum absolute atomic E-state index is 0.0774. The maximum atomic E-state index is 11.5. The summed E-state index contributed by atoms with van der Waals surface area (Å²) >= 11 is 0. The Morgan fingerprint density at radius 3 is 2.58 bits per heavy atom. The van der Waals surface area contributed by atoms with Crippen LogP contribution in [0.4, 0.5) is 0 Å². The van der Waals surface area contributed by atoms with E-state index in [1.807, 2.05) is 0 Å². The van der Waals surface area contributed by atoms with Gasteiger partial charge in [-0.1, -0.05) is 52.3 Å². The first-order valence-electron chi connectivity index (χ1n) is 9.71. The zero-order valence-electron chi connectivity index (χ0n) is 16.3. The normalized spacial score (nSPS) is 37.9. The first kappa shape index (κ1) is 17.8. The lowest BCUT2D eigenvalue weighted by atomic mass is 9.47. The summed E-state index contributed by atoms with van der Waals surface area (Å²) in [5.74, 6) is 1.82. The molecule has 24 heavy (non-hydrogen) atoms. The van der Waals surface area contributed by atoms with E-state index in [2.05, 4.69) is 46.8 Å². The highest BCUT2D eigenvalue weighted by atomic mass is 16.5. The highest BCUT2D eigenvalue weighted by Gasteiger charge is 2.55. The summed E-state index contributed by atoms with van der Waals surface area (Å²) in [5, 5.41) is 0. The molecule has 2 nitrogen and oxygen atoms in total. The zero-order valence-corrected chi connectivity index (χ0v) is 16.3. The summed E-state index contributed by atoms with van der Waals surface area (Å²) in [6.45, 7) is 13.4. The van der Waals surface area contributed by atoms with Crippen molar-refractivity contribution in [3.05, 3.63) is 23.3 Å². The van der Waals surface area contributed by atoms with E-state index in [9.17, 15) is 4.79 Å². The van der Waals surface area contributed by atoms with Gasteiger partial charge in [-0.25, -0.2) is 0 Å². The summed E-state index contributed by atoms with van der Waals surface area (Å²) < 4.78 is 5.71. The first-order chi connectivity index (χ1) is 11.1. The molecule has 4 atom stereocenters. The van der Waals surface area contributed by atoms with Crippen LogP contribution in [0.5, 0.6) is 0 Å². The number of ether oxygens (including phenoxy) is 1. The van der Waals surface area contributed by atoms with Crippen LogP contribution in [0.1, 0.15) is 73.6 Å². The van der Waals surface area contributed by atoms with Gasteiger partial charge in [0.25, 0.3) is 0 Å². The predicted molar refractivity (Wildman–Crippen MR) is 98.5 cm³/mol. The van der Waals surface area contributed by atoms with Crippen molar-refractivity contribution in [3.63, 3.8) is 0 Å². The Morgan fingerprint density at radius 2 is 1.96 bits per heavy atom. The molecule has 3 aliphatic carbocycles. The molecular formula is C22H34O2. The van der Waals surface area contributed by atoms with E-state index in [1.54, 1.807) is 18.1 Å². The van der Waals surface area contributed by atoms with Gasteiger partial charge in [-0.3, -0.25) is 4.79 Å². The van der Waals surface area contributed by atoms with Crippen molar-refractivity contribution >= 4 is 5.97 Å². The third-order valence-corrected chi connectivity index (χ3v) is 7.10. The maximum Gasteiger partial charge on any atom is 0.302 e. The highest BCUT2D eigenvalue weighted by Crippen LogP contribution is 2.62. The van der Waals surface area contributed by atoms with Gasteiger partial charge in [0, 0.05) is 6.92 Å². The fourth-order valence-corrected chi connectivity index (χ4v) is 6.10. The van der Waals surface area contributed by atoms with Gasteiger partial charge in [-0.05, 0) is 66.3 Å². The van der Waals surface area contributed by atoms with E-state index in [4.69, 9.17) is 4.74 Å². The Hall–Kier alpha value is -1.05. The van der Waals surface area contributed by atoms with Crippen molar-refractivity contribution in [3.8, 4) is 0 Å². The summed E-state index contributed by atoms with van der Waals surface area (Å²) in [4.78, 5) is 11.5. The van der Waals surface area contributed by atoms with E-state index in [0.717, 1.165) is 12.8 Å². The van der Waals surface area contributed by atoms with Crippen LogP contribution in [0, 0.1) is 28.6 Å². The predicted octanol–water partition coefficient (Wildman–Crippen LogP) is 5.68. The molecule has 1 saturated carbocycles. The van der Waals surface area contributed by atoms with Gasteiger partial charge < -0.3 is 4.74 Å². The number of esters is 1. The SMILES string of the molecule is CC(=O)O[C@@H]1CC(C)(C)[C@H]2CC=C3C=C(C(C)C)CC[C@H]3[C@]2(C)C1. The van der Waals surface area contributed by atoms with Crippen molar-refractivity contribution < 1.29 is 9.53 Å². The molecule has 0 spiro atoms. The smallest absolute Gasteiger partial charge is 0.302 e. The van der Waals surface area contributed by atoms with Crippen LogP contribution in [0.15, 0.2) is 23.3 Å². The molecule has 0 unspecified atom stereocenters. The molecule has 2 heteroatoms. The van der Waals surface area contributed by atoms with Gasteiger partial charge in [-0.15, -0.1) is 0 Å². The molecule has 0 aromatic heterocycles. The summed E-state index contributed by atoms with van der Waals surface area (Å²) in [6.07, 6.45) is 10.8. The Balaban J connectivity index is 1.94. The zero-order chi connectivity index (χ0) is 17.7. The van der Waals surface area contributed by atoms with Gasteiger partial charge >= 0.3 is 5.97 Å². The quantitative estimate of drug-likeness (QED) is 0.609. The molecule has 0 N–H and O–H groups in total. The van der Waals surface area contributed by atoms with Gasteiger partial charge in [-0.2, -0.15) is 0 Å². The van der Waals surface area contributed by atoms with Gasteiger partial charge in [0.15, 0.2) is 0 Å². The largest absolute Gasteiger partial charge is 0.463 e. The van der Waals surface area contributed by atoms with Crippen LogP contribution < -0.4 is 0 Å². The van der Waals surface area contributed by atoms with Crippen molar-refractivity contribution in [2.75, 3.05) is 0 Å². The van der Waals surface area contributed by atoms with Crippen molar-refractivity contribution in [2.45, 2.75) is 79.8 Å². The fraction of sp³-hybridized carbons (Fsp3) is 0.773. The lowest BCUT2D eigenvalue weighted by molar-refractivity contribution is -0.161.